The van der Waals surface area contributed by atoms with E-state index in [-0.39, 0.29) is 0 Å². The fourth-order valence-corrected chi connectivity index (χ4v) is 1.83. The van der Waals surface area contributed by atoms with E-state index < -0.39 is 11.2 Å². The minimum Gasteiger partial charge on any atom is -0.480 e. The first kappa shape index (κ1) is 18.1. The van der Waals surface area contributed by atoms with Gasteiger partial charge in [-0.25, -0.2) is 9.78 Å². The second-order valence-corrected chi connectivity index (χ2v) is 4.92. The summed E-state index contributed by atoms with van der Waals surface area (Å²) in [7, 11) is 3.04. The molecule has 0 aromatic carbocycles. The summed E-state index contributed by atoms with van der Waals surface area (Å²) in [5.41, 5.74) is -0.493. The summed E-state index contributed by atoms with van der Waals surface area (Å²) in [6.45, 7) is 0. The van der Waals surface area contributed by atoms with E-state index in [1.807, 2.05) is 0 Å². The van der Waals surface area contributed by atoms with Crippen LogP contribution >= 0.6 is 31.9 Å². The van der Waals surface area contributed by atoms with Gasteiger partial charge in [0.05, 0.1) is 30.5 Å². The molecule has 118 valence electrons. The number of nitrogens with one attached hydrogen (secondary N) is 2. The summed E-state index contributed by atoms with van der Waals surface area (Å²) in [5.74, 6) is 0.469. The number of hydrogen-bond acceptors (Lipinski definition) is 6. The maximum Gasteiger partial charge on any atom is 0.325 e. The SMILES string of the molecule is COc1ncc(Br)c(OC)n1.O=c1[nH]cc(/C=C/Br)c(=O)[nH]1. The number of aromatic amines is 2. The van der Waals surface area contributed by atoms with Crippen LogP contribution < -0.4 is 20.7 Å². The van der Waals surface area contributed by atoms with Gasteiger partial charge in [-0.1, -0.05) is 15.9 Å². The Bertz CT molecular complexity index is 757. The largest absolute Gasteiger partial charge is 0.480 e. The molecule has 2 rings (SSSR count). The normalized spacial score (nSPS) is 10.0. The van der Waals surface area contributed by atoms with E-state index in [0.717, 1.165) is 0 Å². The minimum absolute atomic E-state index is 0.296. The maximum atomic E-state index is 10.9. The van der Waals surface area contributed by atoms with Crippen LogP contribution in [0.15, 0.2) is 31.4 Å². The molecule has 0 aliphatic rings. The predicted octanol–water partition coefficient (Wildman–Crippen LogP) is 1.69. The summed E-state index contributed by atoms with van der Waals surface area (Å²) in [6.07, 6.45) is 4.46. The lowest BCUT2D eigenvalue weighted by atomic mass is 10.3. The molecule has 0 saturated carbocycles. The van der Waals surface area contributed by atoms with Crippen LogP contribution in [0.2, 0.25) is 0 Å². The number of halogens is 2. The molecule has 2 aromatic rings. The molecule has 0 amide bonds. The minimum atomic E-state index is -0.498. The van der Waals surface area contributed by atoms with E-state index in [0.29, 0.717) is 21.9 Å². The Morgan fingerprint density at radius 3 is 2.55 bits per heavy atom. The van der Waals surface area contributed by atoms with Gasteiger partial charge in [-0.3, -0.25) is 9.78 Å². The van der Waals surface area contributed by atoms with Crippen molar-refractivity contribution in [3.8, 4) is 11.9 Å². The molecule has 0 radical (unpaired) electrons. The second kappa shape index (κ2) is 9.15. The van der Waals surface area contributed by atoms with Crippen molar-refractivity contribution in [1.82, 2.24) is 19.9 Å². The van der Waals surface area contributed by atoms with E-state index in [2.05, 4.69) is 51.8 Å². The molecule has 0 aliphatic carbocycles. The van der Waals surface area contributed by atoms with Gasteiger partial charge in [0.2, 0.25) is 5.88 Å². The van der Waals surface area contributed by atoms with Crippen LogP contribution in [0.25, 0.3) is 6.08 Å². The maximum absolute atomic E-state index is 10.9. The Labute approximate surface area is 141 Å². The number of rotatable bonds is 3. The first-order valence-corrected chi connectivity index (χ1v) is 7.42. The Morgan fingerprint density at radius 1 is 1.27 bits per heavy atom. The number of methoxy groups -OCH3 is 2. The fraction of sp³-hybridized carbons (Fsp3) is 0.167. The molecule has 0 saturated heterocycles. The third kappa shape index (κ3) is 5.45. The molecule has 2 N–H and O–H groups in total. The molecule has 8 nitrogen and oxygen atoms in total. The van der Waals surface area contributed by atoms with E-state index in [4.69, 9.17) is 9.47 Å². The summed E-state index contributed by atoms with van der Waals surface area (Å²) in [5, 5.41) is 0. The van der Waals surface area contributed by atoms with Crippen LogP contribution in [0, 0.1) is 0 Å². The van der Waals surface area contributed by atoms with Crippen molar-refractivity contribution < 1.29 is 9.47 Å². The zero-order valence-electron chi connectivity index (χ0n) is 11.6. The average molecular weight is 436 g/mol. The summed E-state index contributed by atoms with van der Waals surface area (Å²) >= 11 is 6.23. The topological polar surface area (TPSA) is 110 Å². The smallest absolute Gasteiger partial charge is 0.325 e. The Kier molecular flexibility index (Phi) is 7.54. The molecule has 2 heterocycles. The molecule has 0 atom stereocenters. The highest BCUT2D eigenvalue weighted by Gasteiger charge is 2.03. The summed E-state index contributed by atoms with van der Waals surface area (Å²) < 4.78 is 10.4. The molecule has 0 aliphatic heterocycles. The van der Waals surface area contributed by atoms with Crippen LogP contribution in [0.1, 0.15) is 5.56 Å². The summed E-state index contributed by atoms with van der Waals surface area (Å²) in [6, 6.07) is 0.296. The zero-order valence-corrected chi connectivity index (χ0v) is 14.8. The Morgan fingerprint density at radius 2 is 2.00 bits per heavy atom. The third-order valence-electron chi connectivity index (χ3n) is 2.16. The highest BCUT2D eigenvalue weighted by molar-refractivity contribution is 9.11. The second-order valence-electron chi connectivity index (χ2n) is 3.53. The monoisotopic (exact) mass is 434 g/mol. The van der Waals surface area contributed by atoms with Crippen molar-refractivity contribution in [2.24, 2.45) is 0 Å². The van der Waals surface area contributed by atoms with E-state index in [1.165, 1.54) is 31.5 Å². The number of H-pyrrole nitrogens is 2. The van der Waals surface area contributed by atoms with Gasteiger partial charge in [0.25, 0.3) is 5.56 Å². The van der Waals surface area contributed by atoms with Crippen LogP contribution in [0.3, 0.4) is 0 Å². The van der Waals surface area contributed by atoms with Crippen molar-refractivity contribution in [3.63, 3.8) is 0 Å². The van der Waals surface area contributed by atoms with Crippen molar-refractivity contribution in [1.29, 1.82) is 0 Å². The van der Waals surface area contributed by atoms with Crippen LogP contribution in [0.4, 0.5) is 0 Å². The Hall–Kier alpha value is -1.94. The highest BCUT2D eigenvalue weighted by Crippen LogP contribution is 2.22. The van der Waals surface area contributed by atoms with Gasteiger partial charge in [-0.05, 0) is 27.0 Å². The number of nitrogens with zero attached hydrogens (tertiary/aromatic N) is 2. The van der Waals surface area contributed by atoms with Crippen LogP contribution in [-0.4, -0.2) is 34.2 Å². The molecule has 0 fully saturated rings. The summed E-state index contributed by atoms with van der Waals surface area (Å²) in [4.78, 5) is 35.1. The van der Waals surface area contributed by atoms with Crippen molar-refractivity contribution in [2.75, 3.05) is 14.2 Å². The molecule has 0 bridgehead atoms. The van der Waals surface area contributed by atoms with E-state index in [1.54, 1.807) is 6.20 Å². The van der Waals surface area contributed by atoms with E-state index in [9.17, 15) is 9.59 Å². The lowest BCUT2D eigenvalue weighted by molar-refractivity contribution is 0.350. The molecule has 0 spiro atoms. The van der Waals surface area contributed by atoms with Crippen molar-refractivity contribution in [2.45, 2.75) is 0 Å². The quantitative estimate of drug-likeness (QED) is 0.758. The van der Waals surface area contributed by atoms with Gasteiger partial charge < -0.3 is 14.5 Å². The third-order valence-corrected chi connectivity index (χ3v) is 2.96. The molecule has 2 aromatic heterocycles. The Balaban J connectivity index is 0.000000220. The first-order valence-electron chi connectivity index (χ1n) is 5.71. The lowest BCUT2D eigenvalue weighted by Crippen LogP contribution is -2.22. The standard InChI is InChI=1S/C6H7BrN2O2.C6H5BrN2O2/c1-10-5-4(7)3-8-6(9-5)11-2;7-2-1-4-3-8-6(11)9-5(4)10/h3H,1-2H3;1-3H,(H2,8,9,10,11)/b;2-1+. The van der Waals surface area contributed by atoms with Gasteiger partial charge >= 0.3 is 11.7 Å². The van der Waals surface area contributed by atoms with Gasteiger partial charge in [0, 0.05) is 6.20 Å². The van der Waals surface area contributed by atoms with Gasteiger partial charge in [0.15, 0.2) is 0 Å². The van der Waals surface area contributed by atoms with Crippen LogP contribution in [-0.2, 0) is 0 Å². The number of hydrogen-bond donors (Lipinski definition) is 2. The lowest BCUT2D eigenvalue weighted by Gasteiger charge is -2.02. The fourth-order valence-electron chi connectivity index (χ4n) is 1.19. The van der Waals surface area contributed by atoms with Gasteiger partial charge in [-0.15, -0.1) is 0 Å². The van der Waals surface area contributed by atoms with Crippen molar-refractivity contribution >= 4 is 37.9 Å². The number of aromatic nitrogens is 4. The predicted molar refractivity (Wildman–Crippen MR) is 88.5 cm³/mol. The van der Waals surface area contributed by atoms with E-state index >= 15 is 0 Å². The number of ether oxygens (including phenoxy) is 2. The molecule has 0 unspecified atom stereocenters. The van der Waals surface area contributed by atoms with Crippen LogP contribution in [0.5, 0.6) is 11.9 Å². The van der Waals surface area contributed by atoms with Gasteiger partial charge in [0.1, 0.15) is 0 Å². The zero-order chi connectivity index (χ0) is 16.5. The molecule has 22 heavy (non-hydrogen) atoms. The highest BCUT2D eigenvalue weighted by atomic mass is 79.9. The molecule has 10 heteroatoms. The first-order chi connectivity index (χ1) is 10.5. The van der Waals surface area contributed by atoms with Gasteiger partial charge in [-0.2, -0.15) is 4.98 Å². The molecular weight excluding hydrogens is 424 g/mol. The molecular formula is C12H12Br2N4O4. The average Bonchev–Trinajstić information content (AvgIpc) is 2.51. The van der Waals surface area contributed by atoms with Crippen molar-refractivity contribution in [3.05, 3.63) is 48.3 Å².